The van der Waals surface area contributed by atoms with Crippen LogP contribution in [0, 0.1) is 0 Å². The number of nitrogens with zero attached hydrogens (tertiary/aromatic N) is 2. The summed E-state index contributed by atoms with van der Waals surface area (Å²) in [6.07, 6.45) is -1.69. The molecule has 0 saturated heterocycles. The van der Waals surface area contributed by atoms with Gasteiger partial charge in [0.2, 0.25) is 15.8 Å². The molecule has 2 N–H and O–H groups in total. The van der Waals surface area contributed by atoms with Crippen LogP contribution in [0.15, 0.2) is 53.7 Å². The minimum Gasteiger partial charge on any atom is -0.287 e. The summed E-state index contributed by atoms with van der Waals surface area (Å²) in [7, 11) is -8.32. The van der Waals surface area contributed by atoms with Crippen LogP contribution in [0.3, 0.4) is 0 Å². The van der Waals surface area contributed by atoms with E-state index in [1.165, 1.54) is 6.07 Å². The van der Waals surface area contributed by atoms with E-state index in [2.05, 4.69) is 19.4 Å². The van der Waals surface area contributed by atoms with Crippen molar-refractivity contribution in [2.45, 2.75) is 15.5 Å². The third-order valence-corrected chi connectivity index (χ3v) is 7.44. The van der Waals surface area contributed by atoms with E-state index >= 15 is 0 Å². The van der Waals surface area contributed by atoms with Crippen molar-refractivity contribution in [2.24, 2.45) is 0 Å². The summed E-state index contributed by atoms with van der Waals surface area (Å²) >= 11 is 7.65. The number of aromatic nitrogens is 2. The normalized spacial score (nSPS) is 12.3. The Kier molecular flexibility index (Phi) is 8.17. The third kappa shape index (κ3) is 6.83. The zero-order valence-corrected chi connectivity index (χ0v) is 22.5. The number of carbonyl (C=O) groups excluding carboxylic acids is 1. The number of halogens is 5. The number of sulfonamides is 2. The third-order valence-electron chi connectivity index (χ3n) is 4.47. The number of benzene rings is 1. The first-order valence-corrected chi connectivity index (χ1v) is 14.8. The predicted octanol–water partition coefficient (Wildman–Crippen LogP) is 4.49. The lowest BCUT2D eigenvalue weighted by atomic mass is 10.1. The molecule has 3 aromatic rings. The van der Waals surface area contributed by atoms with Gasteiger partial charge in [-0.25, -0.2) is 26.8 Å². The largest absolute Gasteiger partial charge is 0.416 e. The second kappa shape index (κ2) is 10.5. The number of alkyl halides is 4. The van der Waals surface area contributed by atoms with Crippen molar-refractivity contribution in [1.29, 1.82) is 0 Å². The van der Waals surface area contributed by atoms with Crippen molar-refractivity contribution >= 4 is 71.5 Å². The Morgan fingerprint density at radius 3 is 2.36 bits per heavy atom. The van der Waals surface area contributed by atoms with Gasteiger partial charge in [0.25, 0.3) is 10.0 Å². The summed E-state index contributed by atoms with van der Waals surface area (Å²) in [6.45, 7) is 0. The Morgan fingerprint density at radius 2 is 1.75 bits per heavy atom. The SMILES string of the molecule is CS(=O)(=O)Nc1cc(C(=O)c2ncc(Cl)cc2NS(=O)(=O)c2ccc(CI)c(C(F)(F)F)c2)ccn1. The molecule has 0 saturated carbocycles. The number of hydrogen-bond acceptors (Lipinski definition) is 7. The van der Waals surface area contributed by atoms with Crippen LogP contribution >= 0.6 is 34.2 Å². The van der Waals surface area contributed by atoms with Gasteiger partial charge in [-0.1, -0.05) is 40.3 Å². The van der Waals surface area contributed by atoms with E-state index in [9.17, 15) is 34.8 Å². The number of hydrogen-bond donors (Lipinski definition) is 2. The molecule has 2 heterocycles. The van der Waals surface area contributed by atoms with Crippen molar-refractivity contribution in [3.05, 3.63) is 76.2 Å². The van der Waals surface area contributed by atoms with E-state index in [4.69, 9.17) is 11.6 Å². The molecule has 0 aliphatic carbocycles. The maximum atomic E-state index is 13.4. The van der Waals surface area contributed by atoms with Gasteiger partial charge >= 0.3 is 6.18 Å². The van der Waals surface area contributed by atoms with Crippen LogP contribution in [-0.2, 0) is 30.7 Å². The van der Waals surface area contributed by atoms with Crippen LogP contribution in [0.5, 0.6) is 0 Å². The number of pyridine rings is 2. The lowest BCUT2D eigenvalue weighted by molar-refractivity contribution is -0.138. The number of ketones is 1. The average Bonchev–Trinajstić information content (AvgIpc) is 2.76. The molecule has 0 fully saturated rings. The molecule has 1 aromatic carbocycles. The number of carbonyl (C=O) groups is 1. The molecule has 2 aromatic heterocycles. The molecule has 16 heteroatoms. The molecule has 0 aliphatic rings. The van der Waals surface area contributed by atoms with Gasteiger partial charge in [-0.05, 0) is 35.9 Å². The highest BCUT2D eigenvalue weighted by Crippen LogP contribution is 2.35. The molecule has 36 heavy (non-hydrogen) atoms. The Balaban J connectivity index is 2.03. The van der Waals surface area contributed by atoms with Crippen LogP contribution in [0.2, 0.25) is 5.02 Å². The maximum absolute atomic E-state index is 13.4. The summed E-state index contributed by atoms with van der Waals surface area (Å²) in [5, 5.41) is -0.0605. The summed E-state index contributed by atoms with van der Waals surface area (Å²) in [5.41, 5.74) is -2.13. The van der Waals surface area contributed by atoms with Crippen LogP contribution in [-0.4, -0.2) is 38.8 Å². The maximum Gasteiger partial charge on any atom is 0.416 e. The average molecular weight is 675 g/mol. The van der Waals surface area contributed by atoms with Gasteiger partial charge in [-0.3, -0.25) is 14.2 Å². The van der Waals surface area contributed by atoms with Gasteiger partial charge in [0.1, 0.15) is 11.5 Å². The molecule has 0 unspecified atom stereocenters. The molecule has 0 aliphatic heterocycles. The number of anilines is 2. The van der Waals surface area contributed by atoms with E-state index in [0.29, 0.717) is 6.07 Å². The van der Waals surface area contributed by atoms with Crippen molar-refractivity contribution in [2.75, 3.05) is 15.7 Å². The number of nitrogens with one attached hydrogen (secondary N) is 2. The van der Waals surface area contributed by atoms with Crippen molar-refractivity contribution < 1.29 is 34.8 Å². The van der Waals surface area contributed by atoms with Crippen LogP contribution in [0.25, 0.3) is 0 Å². The quantitative estimate of drug-likeness (QED) is 0.204. The zero-order valence-electron chi connectivity index (χ0n) is 18.0. The van der Waals surface area contributed by atoms with E-state index < -0.39 is 53.8 Å². The second-order valence-electron chi connectivity index (χ2n) is 7.24. The number of rotatable bonds is 8. The summed E-state index contributed by atoms with van der Waals surface area (Å²) in [4.78, 5) is 20.1. The van der Waals surface area contributed by atoms with Crippen molar-refractivity contribution in [3.8, 4) is 0 Å². The van der Waals surface area contributed by atoms with Crippen LogP contribution < -0.4 is 9.44 Å². The minimum atomic E-state index is -4.79. The summed E-state index contributed by atoms with van der Waals surface area (Å²) < 4.78 is 93.3. The molecule has 0 atom stereocenters. The first-order valence-electron chi connectivity index (χ1n) is 9.54. The van der Waals surface area contributed by atoms with Gasteiger partial charge < -0.3 is 0 Å². The van der Waals surface area contributed by atoms with Gasteiger partial charge in [0, 0.05) is 22.4 Å². The van der Waals surface area contributed by atoms with E-state index in [0.717, 1.165) is 42.9 Å². The summed E-state index contributed by atoms with van der Waals surface area (Å²) in [6, 6.07) is 5.98. The molecule has 9 nitrogen and oxygen atoms in total. The van der Waals surface area contributed by atoms with E-state index in [-0.39, 0.29) is 26.4 Å². The molecule has 0 bridgehead atoms. The van der Waals surface area contributed by atoms with Crippen LogP contribution in [0.4, 0.5) is 24.7 Å². The second-order valence-corrected chi connectivity index (χ2v) is 11.9. The zero-order chi connectivity index (χ0) is 26.9. The highest BCUT2D eigenvalue weighted by atomic mass is 127. The molecule has 0 amide bonds. The van der Waals surface area contributed by atoms with Crippen molar-refractivity contribution in [3.63, 3.8) is 0 Å². The lowest BCUT2D eigenvalue weighted by Gasteiger charge is -2.15. The Labute approximate surface area is 222 Å². The van der Waals surface area contributed by atoms with E-state index in [1.54, 1.807) is 22.6 Å². The first kappa shape index (κ1) is 28.1. The summed E-state index contributed by atoms with van der Waals surface area (Å²) in [5.74, 6) is -1.01. The molecule has 0 radical (unpaired) electrons. The van der Waals surface area contributed by atoms with Crippen molar-refractivity contribution in [1.82, 2.24) is 9.97 Å². The fourth-order valence-corrected chi connectivity index (χ4v) is 5.36. The van der Waals surface area contributed by atoms with Gasteiger partial charge in [-0.15, -0.1) is 0 Å². The van der Waals surface area contributed by atoms with Gasteiger partial charge in [0.05, 0.1) is 27.4 Å². The molecule has 0 spiro atoms. The fourth-order valence-electron chi connectivity index (χ4n) is 2.96. The van der Waals surface area contributed by atoms with E-state index in [1.807, 2.05) is 0 Å². The Hall–Kier alpha value is -2.50. The highest BCUT2D eigenvalue weighted by molar-refractivity contribution is 14.1. The minimum absolute atomic E-state index is 0.000662. The molecule has 3 rings (SSSR count). The molecular formula is C20H15ClF3IN4O5S2. The lowest BCUT2D eigenvalue weighted by Crippen LogP contribution is -2.18. The molecule has 192 valence electrons. The Morgan fingerprint density at radius 1 is 1.06 bits per heavy atom. The van der Waals surface area contributed by atoms with Gasteiger partial charge in [-0.2, -0.15) is 13.2 Å². The fraction of sp³-hybridized carbons (Fsp3) is 0.150. The van der Waals surface area contributed by atoms with Crippen LogP contribution in [0.1, 0.15) is 27.2 Å². The van der Waals surface area contributed by atoms with Gasteiger partial charge in [0.15, 0.2) is 0 Å². The first-order chi connectivity index (χ1) is 16.6. The topological polar surface area (TPSA) is 135 Å². The monoisotopic (exact) mass is 674 g/mol. The standard InChI is InChI=1S/C20H15ClF3IN4O5S2/c1-35(31,32)29-17-6-11(4-5-26-17)19(30)18-16(7-13(21)10-27-18)28-36(33,34)14-3-2-12(9-25)15(8-14)20(22,23)24/h2-8,10,28H,9H2,1H3,(H,26,29). The Bertz CT molecular complexity index is 1550. The predicted molar refractivity (Wildman–Crippen MR) is 135 cm³/mol. The molecular weight excluding hydrogens is 660 g/mol. The highest BCUT2D eigenvalue weighted by Gasteiger charge is 2.34. The smallest absolute Gasteiger partial charge is 0.287 e.